The van der Waals surface area contributed by atoms with Crippen molar-refractivity contribution >= 4 is 39.7 Å². The van der Waals surface area contributed by atoms with Crippen molar-refractivity contribution in [3.05, 3.63) is 105 Å². The van der Waals surface area contributed by atoms with E-state index in [2.05, 4.69) is 26.2 Å². The van der Waals surface area contributed by atoms with Gasteiger partial charge in [-0.1, -0.05) is 18.2 Å². The van der Waals surface area contributed by atoms with E-state index in [-0.39, 0.29) is 30.0 Å². The molecule has 0 radical (unpaired) electrons. The second kappa shape index (κ2) is 10.8. The number of hydrogen-bond donors (Lipinski definition) is 1. The number of amides is 2. The van der Waals surface area contributed by atoms with Crippen LogP contribution in [0.4, 0.5) is 13.6 Å². The molecule has 0 saturated heterocycles. The van der Waals surface area contributed by atoms with Crippen LogP contribution >= 0.6 is 15.9 Å². The molecular weight excluding hydrogens is 584 g/mol. The largest absolute Gasteiger partial charge is 0.483 e. The second-order valence-electron chi connectivity index (χ2n) is 9.92. The van der Waals surface area contributed by atoms with Crippen molar-refractivity contribution in [2.24, 2.45) is 0 Å². The number of rotatable bonds is 6. The first kappa shape index (κ1) is 27.5. The number of carbonyl (C=O) groups is 2. The number of nitrogens with zero attached hydrogens (tertiary/aromatic N) is 2. The number of esters is 1. The van der Waals surface area contributed by atoms with Crippen LogP contribution in [0.15, 0.2) is 71.0 Å². The Morgan fingerprint density at radius 3 is 2.70 bits per heavy atom. The molecule has 2 aliphatic rings. The highest BCUT2D eigenvalue weighted by molar-refractivity contribution is 9.10. The highest BCUT2D eigenvalue weighted by Crippen LogP contribution is 2.40. The molecule has 0 saturated carbocycles. The van der Waals surface area contributed by atoms with Gasteiger partial charge in [0.05, 0.1) is 30.5 Å². The molecule has 5 rings (SSSR count). The molecule has 1 unspecified atom stereocenters. The van der Waals surface area contributed by atoms with Crippen LogP contribution in [0.5, 0.6) is 5.75 Å². The van der Waals surface area contributed by atoms with E-state index in [9.17, 15) is 18.4 Å². The van der Waals surface area contributed by atoms with Gasteiger partial charge in [0, 0.05) is 39.6 Å². The molecule has 0 fully saturated rings. The molecule has 0 aliphatic carbocycles. The highest BCUT2D eigenvalue weighted by Gasteiger charge is 2.40. The number of carbonyl (C=O) groups excluding carboxylic acids is 2. The number of hydrogen-bond acceptors (Lipinski definition) is 5. The van der Waals surface area contributed by atoms with E-state index in [4.69, 9.17) is 9.47 Å². The standard InChI is InChI=1S/C30H26BrF2N3O4/c1-4-39-28(37)25-26(18-6-8-24-17(11-18)9-10-30(2,3)40-24)35-29(38)36(16-19-5-7-22(32)13-23(19)33)27(25)20-12-21(31)15-34-14-20/h5-15,26H,4,16H2,1-3H3,(H,35,38). The van der Waals surface area contributed by atoms with Crippen LogP contribution in [0.2, 0.25) is 0 Å². The lowest BCUT2D eigenvalue weighted by Gasteiger charge is -2.37. The van der Waals surface area contributed by atoms with Crippen molar-refractivity contribution in [2.45, 2.75) is 39.0 Å². The van der Waals surface area contributed by atoms with Crippen LogP contribution in [0.1, 0.15) is 49.1 Å². The highest BCUT2D eigenvalue weighted by atomic mass is 79.9. The minimum atomic E-state index is -0.900. The van der Waals surface area contributed by atoms with Crippen LogP contribution in [-0.4, -0.2) is 34.1 Å². The topological polar surface area (TPSA) is 80.8 Å². The Labute approximate surface area is 238 Å². The van der Waals surface area contributed by atoms with Crippen molar-refractivity contribution in [3.63, 3.8) is 0 Å². The third-order valence-corrected chi connectivity index (χ3v) is 6.98. The lowest BCUT2D eigenvalue weighted by Crippen LogP contribution is -2.47. The Balaban J connectivity index is 1.70. The predicted octanol–water partition coefficient (Wildman–Crippen LogP) is 6.55. The number of aromatic nitrogens is 1. The first-order chi connectivity index (χ1) is 19.1. The summed E-state index contributed by atoms with van der Waals surface area (Å²) in [4.78, 5) is 32.7. The van der Waals surface area contributed by atoms with E-state index in [1.54, 1.807) is 31.3 Å². The maximum Gasteiger partial charge on any atom is 0.338 e. The van der Waals surface area contributed by atoms with E-state index in [0.29, 0.717) is 21.3 Å². The number of fused-ring (bicyclic) bond motifs is 1. The third-order valence-electron chi connectivity index (χ3n) is 6.55. The fraction of sp³-hybridized carbons (Fsp3) is 0.233. The number of halogens is 3. The van der Waals surface area contributed by atoms with Gasteiger partial charge in [-0.3, -0.25) is 9.88 Å². The van der Waals surface area contributed by atoms with Gasteiger partial charge < -0.3 is 14.8 Å². The molecule has 1 aromatic heterocycles. The number of pyridine rings is 1. The summed E-state index contributed by atoms with van der Waals surface area (Å²) in [5.41, 5.74) is 1.79. The zero-order valence-corrected chi connectivity index (χ0v) is 23.6. The van der Waals surface area contributed by atoms with E-state index < -0.39 is 35.3 Å². The maximum atomic E-state index is 14.7. The van der Waals surface area contributed by atoms with E-state index in [0.717, 1.165) is 17.7 Å². The summed E-state index contributed by atoms with van der Waals surface area (Å²) in [6, 6.07) is 8.78. The molecule has 1 atom stereocenters. The van der Waals surface area contributed by atoms with Gasteiger partial charge in [0.1, 0.15) is 23.0 Å². The van der Waals surface area contributed by atoms with E-state index in [1.807, 2.05) is 32.1 Å². The fourth-order valence-corrected chi connectivity index (χ4v) is 5.10. The molecule has 1 N–H and O–H groups in total. The van der Waals surface area contributed by atoms with Crippen LogP contribution < -0.4 is 10.1 Å². The monoisotopic (exact) mass is 609 g/mol. The zero-order chi connectivity index (χ0) is 28.6. The van der Waals surface area contributed by atoms with E-state index in [1.165, 1.54) is 17.2 Å². The van der Waals surface area contributed by atoms with Crippen molar-refractivity contribution in [3.8, 4) is 5.75 Å². The molecule has 0 bridgehead atoms. The van der Waals surface area contributed by atoms with Gasteiger partial charge >= 0.3 is 12.0 Å². The molecule has 3 aromatic rings. The Hall–Kier alpha value is -4.05. The lowest BCUT2D eigenvalue weighted by atomic mass is 9.90. The Morgan fingerprint density at radius 1 is 1.18 bits per heavy atom. The maximum absolute atomic E-state index is 14.7. The van der Waals surface area contributed by atoms with Gasteiger partial charge in [0.15, 0.2) is 0 Å². The third kappa shape index (κ3) is 5.49. The molecule has 7 nitrogen and oxygen atoms in total. The van der Waals surface area contributed by atoms with Gasteiger partial charge in [-0.15, -0.1) is 0 Å². The Morgan fingerprint density at radius 2 is 1.98 bits per heavy atom. The summed E-state index contributed by atoms with van der Waals surface area (Å²) in [6.07, 6.45) is 6.94. The SMILES string of the molecule is CCOC(=O)C1=C(c2cncc(Br)c2)N(Cc2ccc(F)cc2F)C(=O)NC1c1ccc2c(c1)C=CC(C)(C)O2. The summed E-state index contributed by atoms with van der Waals surface area (Å²) in [6.45, 7) is 5.39. The van der Waals surface area contributed by atoms with Crippen molar-refractivity contribution < 1.29 is 27.8 Å². The fourth-order valence-electron chi connectivity index (χ4n) is 4.73. The van der Waals surface area contributed by atoms with Gasteiger partial charge in [0.25, 0.3) is 0 Å². The average molecular weight is 610 g/mol. The van der Waals surface area contributed by atoms with Crippen LogP contribution in [0, 0.1) is 11.6 Å². The number of urea groups is 1. The molecule has 2 aliphatic heterocycles. The Kier molecular flexibility index (Phi) is 7.46. The first-order valence-corrected chi connectivity index (χ1v) is 13.4. The van der Waals surface area contributed by atoms with Gasteiger partial charge in [-0.2, -0.15) is 0 Å². The zero-order valence-electron chi connectivity index (χ0n) is 22.0. The normalized spacial score (nSPS) is 17.7. The molecule has 10 heteroatoms. The molecule has 2 aromatic carbocycles. The summed E-state index contributed by atoms with van der Waals surface area (Å²) in [5.74, 6) is -1.54. The van der Waals surface area contributed by atoms with E-state index >= 15 is 0 Å². The number of ether oxygens (including phenoxy) is 2. The minimum Gasteiger partial charge on any atom is -0.483 e. The summed E-state index contributed by atoms with van der Waals surface area (Å²) in [5, 5.41) is 2.90. The molecule has 0 spiro atoms. The van der Waals surface area contributed by atoms with Gasteiger partial charge in [-0.05, 0) is 72.6 Å². The van der Waals surface area contributed by atoms with Crippen LogP contribution in [-0.2, 0) is 16.1 Å². The molecule has 40 heavy (non-hydrogen) atoms. The summed E-state index contributed by atoms with van der Waals surface area (Å²) >= 11 is 3.40. The quantitative estimate of drug-likeness (QED) is 0.321. The van der Waals surface area contributed by atoms with Crippen LogP contribution in [0.25, 0.3) is 11.8 Å². The van der Waals surface area contributed by atoms with Gasteiger partial charge in [-0.25, -0.2) is 18.4 Å². The molecule has 206 valence electrons. The molecule has 2 amide bonds. The predicted molar refractivity (Wildman–Crippen MR) is 149 cm³/mol. The summed E-state index contributed by atoms with van der Waals surface area (Å²) in [7, 11) is 0. The average Bonchev–Trinajstić information content (AvgIpc) is 2.90. The van der Waals surface area contributed by atoms with Crippen molar-refractivity contribution in [2.75, 3.05) is 6.61 Å². The van der Waals surface area contributed by atoms with Crippen LogP contribution in [0.3, 0.4) is 0 Å². The van der Waals surface area contributed by atoms with Crippen molar-refractivity contribution in [1.29, 1.82) is 0 Å². The minimum absolute atomic E-state index is 0.0670. The lowest BCUT2D eigenvalue weighted by molar-refractivity contribution is -0.138. The first-order valence-electron chi connectivity index (χ1n) is 12.6. The number of benzene rings is 2. The van der Waals surface area contributed by atoms with Gasteiger partial charge in [0.2, 0.25) is 0 Å². The number of nitrogens with one attached hydrogen (secondary N) is 1. The molecule has 3 heterocycles. The smallest absolute Gasteiger partial charge is 0.338 e. The Bertz CT molecular complexity index is 1570. The van der Waals surface area contributed by atoms with Crippen molar-refractivity contribution in [1.82, 2.24) is 15.2 Å². The molecular formula is C30H26BrF2N3O4. The second-order valence-corrected chi connectivity index (χ2v) is 10.8. The summed E-state index contributed by atoms with van der Waals surface area (Å²) < 4.78 is 40.4.